The number of thiazole rings is 1. The van der Waals surface area contributed by atoms with Crippen LogP contribution in [0.4, 0.5) is 5.69 Å². The Labute approximate surface area is 242 Å². The van der Waals surface area contributed by atoms with Gasteiger partial charge in [0.05, 0.1) is 42.3 Å². The SMILES string of the molecule is Cc1nc2cc(Cl)ccc2n1Cc1csc(CNC(=O)C[C@@H](O)C(=O)N2CCCC2c2cccc(N(C)C)c2)n1. The van der Waals surface area contributed by atoms with Crippen molar-refractivity contribution in [2.75, 3.05) is 25.5 Å². The quantitative estimate of drug-likeness (QED) is 0.306. The Morgan fingerprint density at radius 2 is 2.05 bits per heavy atom. The maximum atomic E-state index is 13.1. The molecule has 1 aliphatic rings. The number of imidazole rings is 1. The largest absolute Gasteiger partial charge is 0.383 e. The first-order valence-corrected chi connectivity index (χ1v) is 14.5. The number of aryl methyl sites for hydroxylation is 1. The number of amides is 2. The molecule has 0 radical (unpaired) electrons. The van der Waals surface area contributed by atoms with E-state index in [0.717, 1.165) is 51.7 Å². The molecule has 0 spiro atoms. The summed E-state index contributed by atoms with van der Waals surface area (Å²) in [5.74, 6) is 0.0642. The number of aliphatic hydroxyl groups is 1. The van der Waals surface area contributed by atoms with Gasteiger partial charge in [0.1, 0.15) is 16.9 Å². The van der Waals surface area contributed by atoms with Crippen LogP contribution >= 0.6 is 22.9 Å². The van der Waals surface area contributed by atoms with Gasteiger partial charge in [0, 0.05) is 36.7 Å². The van der Waals surface area contributed by atoms with Crippen molar-refractivity contribution in [3.8, 4) is 0 Å². The van der Waals surface area contributed by atoms with Gasteiger partial charge in [-0.1, -0.05) is 23.7 Å². The van der Waals surface area contributed by atoms with E-state index in [1.165, 1.54) is 11.3 Å². The smallest absolute Gasteiger partial charge is 0.252 e. The lowest BCUT2D eigenvalue weighted by molar-refractivity contribution is -0.144. The molecule has 1 unspecified atom stereocenters. The van der Waals surface area contributed by atoms with Crippen LogP contribution in [0.25, 0.3) is 11.0 Å². The van der Waals surface area contributed by atoms with E-state index in [1.54, 1.807) is 4.90 Å². The minimum absolute atomic E-state index is 0.105. The maximum Gasteiger partial charge on any atom is 0.252 e. The molecule has 2 N–H and O–H groups in total. The summed E-state index contributed by atoms with van der Waals surface area (Å²) in [5.41, 5.74) is 4.77. The molecular weight excluding hydrogens is 548 g/mol. The van der Waals surface area contributed by atoms with Crippen molar-refractivity contribution in [3.05, 3.63) is 75.0 Å². The average Bonchev–Trinajstić information content (AvgIpc) is 3.66. The fourth-order valence-corrected chi connectivity index (χ4v) is 6.07. The monoisotopic (exact) mass is 580 g/mol. The number of hydrogen-bond acceptors (Lipinski definition) is 7. The zero-order valence-corrected chi connectivity index (χ0v) is 24.4. The summed E-state index contributed by atoms with van der Waals surface area (Å²) < 4.78 is 2.08. The zero-order chi connectivity index (χ0) is 28.4. The molecule has 5 rings (SSSR count). The molecule has 2 aromatic heterocycles. The van der Waals surface area contributed by atoms with E-state index in [-0.39, 0.29) is 19.0 Å². The maximum absolute atomic E-state index is 13.1. The summed E-state index contributed by atoms with van der Waals surface area (Å²) in [5, 5.41) is 16.8. The van der Waals surface area contributed by atoms with E-state index < -0.39 is 17.9 Å². The van der Waals surface area contributed by atoms with Crippen molar-refractivity contribution in [1.82, 2.24) is 24.8 Å². The number of rotatable bonds is 9. The Morgan fingerprint density at radius 1 is 1.23 bits per heavy atom. The van der Waals surface area contributed by atoms with E-state index in [0.29, 0.717) is 18.1 Å². The first-order valence-electron chi connectivity index (χ1n) is 13.3. The van der Waals surface area contributed by atoms with Crippen LogP contribution in [0, 0.1) is 6.92 Å². The van der Waals surface area contributed by atoms with Crippen LogP contribution in [-0.2, 0) is 22.7 Å². The van der Waals surface area contributed by atoms with Crippen LogP contribution < -0.4 is 10.2 Å². The molecule has 1 aliphatic heterocycles. The van der Waals surface area contributed by atoms with Gasteiger partial charge in [-0.2, -0.15) is 0 Å². The van der Waals surface area contributed by atoms with Crippen molar-refractivity contribution >= 4 is 51.5 Å². The minimum Gasteiger partial charge on any atom is -0.383 e. The second-order valence-electron chi connectivity index (χ2n) is 10.3. The van der Waals surface area contributed by atoms with Gasteiger partial charge in [-0.25, -0.2) is 9.97 Å². The topological polar surface area (TPSA) is 104 Å². The Morgan fingerprint density at radius 3 is 2.85 bits per heavy atom. The Balaban J connectivity index is 1.15. The zero-order valence-electron chi connectivity index (χ0n) is 22.8. The average molecular weight is 581 g/mol. The van der Waals surface area contributed by atoms with Gasteiger partial charge >= 0.3 is 0 Å². The van der Waals surface area contributed by atoms with Gasteiger partial charge in [0.25, 0.3) is 5.91 Å². The van der Waals surface area contributed by atoms with Crippen molar-refractivity contribution < 1.29 is 14.7 Å². The lowest BCUT2D eigenvalue weighted by Crippen LogP contribution is -2.41. The van der Waals surface area contributed by atoms with E-state index in [9.17, 15) is 14.7 Å². The van der Waals surface area contributed by atoms with Gasteiger partial charge < -0.3 is 24.8 Å². The molecule has 0 saturated carbocycles. The Kier molecular flexibility index (Phi) is 8.39. The summed E-state index contributed by atoms with van der Waals surface area (Å²) in [6.45, 7) is 3.29. The molecule has 1 fully saturated rings. The summed E-state index contributed by atoms with van der Waals surface area (Å²) in [7, 11) is 3.95. The molecule has 40 heavy (non-hydrogen) atoms. The number of benzene rings is 2. The summed E-state index contributed by atoms with van der Waals surface area (Å²) >= 11 is 7.55. The van der Waals surface area contributed by atoms with Gasteiger partial charge in [-0.3, -0.25) is 9.59 Å². The highest BCUT2D eigenvalue weighted by Crippen LogP contribution is 2.34. The third kappa shape index (κ3) is 6.14. The lowest BCUT2D eigenvalue weighted by Gasteiger charge is -2.28. The van der Waals surface area contributed by atoms with Crippen LogP contribution in [0.2, 0.25) is 5.02 Å². The number of halogens is 1. The molecule has 11 heteroatoms. The Bertz CT molecular complexity index is 1530. The van der Waals surface area contributed by atoms with Crippen molar-refractivity contribution in [1.29, 1.82) is 0 Å². The number of fused-ring (bicyclic) bond motifs is 1. The molecule has 9 nitrogen and oxygen atoms in total. The number of nitrogens with one attached hydrogen (secondary N) is 1. The molecule has 2 aromatic carbocycles. The number of aromatic nitrogens is 3. The van der Waals surface area contributed by atoms with Crippen LogP contribution in [0.5, 0.6) is 0 Å². The molecular formula is C29H33ClN6O3S. The van der Waals surface area contributed by atoms with Gasteiger partial charge in [0.15, 0.2) is 0 Å². The second-order valence-corrected chi connectivity index (χ2v) is 11.7. The number of carbonyl (C=O) groups excluding carboxylic acids is 2. The van der Waals surface area contributed by atoms with Crippen LogP contribution in [0.3, 0.4) is 0 Å². The predicted molar refractivity (Wildman–Crippen MR) is 158 cm³/mol. The summed E-state index contributed by atoms with van der Waals surface area (Å²) in [4.78, 5) is 38.7. The fraction of sp³-hybridized carbons (Fsp3) is 0.379. The number of nitrogens with zero attached hydrogens (tertiary/aromatic N) is 5. The second kappa shape index (κ2) is 12.0. The molecule has 3 heterocycles. The lowest BCUT2D eigenvalue weighted by atomic mass is 10.0. The van der Waals surface area contributed by atoms with Gasteiger partial charge in [-0.15, -0.1) is 11.3 Å². The first-order chi connectivity index (χ1) is 19.2. The van der Waals surface area contributed by atoms with Gasteiger partial charge in [0.2, 0.25) is 5.91 Å². The number of hydrogen-bond donors (Lipinski definition) is 2. The highest BCUT2D eigenvalue weighted by atomic mass is 35.5. The predicted octanol–water partition coefficient (Wildman–Crippen LogP) is 4.30. The first kappa shape index (κ1) is 28.1. The Hall–Kier alpha value is -3.47. The minimum atomic E-state index is -1.39. The van der Waals surface area contributed by atoms with Crippen molar-refractivity contribution in [2.45, 2.75) is 51.4 Å². The van der Waals surface area contributed by atoms with Crippen LogP contribution in [0.1, 0.15) is 47.4 Å². The van der Waals surface area contributed by atoms with Crippen molar-refractivity contribution in [3.63, 3.8) is 0 Å². The number of anilines is 1. The third-order valence-corrected chi connectivity index (χ3v) is 8.36. The summed E-state index contributed by atoms with van der Waals surface area (Å²) in [6.07, 6.45) is 0.00266. The normalized spacial score (nSPS) is 15.9. The van der Waals surface area contributed by atoms with E-state index >= 15 is 0 Å². The van der Waals surface area contributed by atoms with E-state index in [1.807, 2.05) is 67.7 Å². The molecule has 2 amide bonds. The summed E-state index contributed by atoms with van der Waals surface area (Å²) in [6, 6.07) is 13.6. The molecule has 2 atom stereocenters. The molecule has 0 bridgehead atoms. The van der Waals surface area contributed by atoms with E-state index in [2.05, 4.69) is 25.9 Å². The van der Waals surface area contributed by atoms with Crippen molar-refractivity contribution in [2.24, 2.45) is 0 Å². The highest BCUT2D eigenvalue weighted by Gasteiger charge is 2.34. The van der Waals surface area contributed by atoms with Gasteiger partial charge in [-0.05, 0) is 55.7 Å². The van der Waals surface area contributed by atoms with Crippen LogP contribution in [0.15, 0.2) is 47.8 Å². The molecule has 0 aliphatic carbocycles. The van der Waals surface area contributed by atoms with E-state index in [4.69, 9.17) is 11.6 Å². The standard InChI is InChI=1S/C29H33ClN6O3S/c1-18-32-23-13-20(30)9-10-25(23)36(18)16-21-17-40-28(33-21)15-31-27(38)14-26(37)29(39)35-11-5-8-24(35)19-6-4-7-22(12-19)34(2)3/h4,6-7,9-10,12-13,17,24,26,37H,5,8,11,14-16H2,1-3H3,(H,31,38)/t24?,26-/m1/s1. The van der Waals surface area contributed by atoms with Crippen LogP contribution in [-0.4, -0.2) is 63.1 Å². The number of likely N-dealkylation sites (tertiary alicyclic amines) is 1. The number of carbonyl (C=O) groups is 2. The molecule has 210 valence electrons. The molecule has 1 saturated heterocycles. The third-order valence-electron chi connectivity index (χ3n) is 7.23. The number of aliphatic hydroxyl groups excluding tert-OH is 1. The fourth-order valence-electron chi connectivity index (χ4n) is 5.18. The highest BCUT2D eigenvalue weighted by molar-refractivity contribution is 7.09. The molecule has 4 aromatic rings.